The van der Waals surface area contributed by atoms with E-state index < -0.39 is 5.97 Å². The number of aliphatic carboxylic acids is 1. The van der Waals surface area contributed by atoms with E-state index in [-0.39, 0.29) is 5.92 Å². The summed E-state index contributed by atoms with van der Waals surface area (Å²) in [7, 11) is 2.08. The predicted molar refractivity (Wildman–Crippen MR) is 66.9 cm³/mol. The Bertz CT molecular complexity index is 453. The van der Waals surface area contributed by atoms with Gasteiger partial charge in [0.15, 0.2) is 5.13 Å². The van der Waals surface area contributed by atoms with Gasteiger partial charge in [-0.15, -0.1) is 11.3 Å². The van der Waals surface area contributed by atoms with Gasteiger partial charge in [0, 0.05) is 18.0 Å². The van der Waals surface area contributed by atoms with E-state index >= 15 is 0 Å². The third-order valence-electron chi connectivity index (χ3n) is 3.93. The van der Waals surface area contributed by atoms with E-state index in [2.05, 4.69) is 16.9 Å². The lowest BCUT2D eigenvalue weighted by Gasteiger charge is -2.34. The van der Waals surface area contributed by atoms with Crippen molar-refractivity contribution >= 4 is 22.4 Å². The minimum Gasteiger partial charge on any atom is -0.481 e. The van der Waals surface area contributed by atoms with Crippen LogP contribution in [0.1, 0.15) is 42.2 Å². The molecule has 0 amide bonds. The zero-order chi connectivity index (χ0) is 12.0. The van der Waals surface area contributed by atoms with Crippen LogP contribution in [0.5, 0.6) is 0 Å². The molecule has 17 heavy (non-hydrogen) atoms. The number of thiazole rings is 1. The summed E-state index contributed by atoms with van der Waals surface area (Å²) in [4.78, 5) is 19.1. The lowest BCUT2D eigenvalue weighted by Crippen LogP contribution is -2.37. The largest absolute Gasteiger partial charge is 0.481 e. The highest BCUT2D eigenvalue weighted by Crippen LogP contribution is 2.40. The first-order chi connectivity index (χ1) is 8.16. The Balaban J connectivity index is 1.84. The topological polar surface area (TPSA) is 53.4 Å². The molecular weight excluding hydrogens is 236 g/mol. The number of aromatic nitrogens is 1. The molecule has 1 unspecified atom stereocenters. The molecule has 5 heteroatoms. The maximum Gasteiger partial charge on any atom is 0.312 e. The highest BCUT2D eigenvalue weighted by molar-refractivity contribution is 7.15. The molecule has 1 atom stereocenters. The van der Waals surface area contributed by atoms with E-state index in [1.807, 2.05) is 0 Å². The first-order valence-electron chi connectivity index (χ1n) is 6.12. The van der Waals surface area contributed by atoms with Gasteiger partial charge in [0.25, 0.3) is 0 Å². The zero-order valence-corrected chi connectivity index (χ0v) is 10.7. The second-order valence-corrected chi connectivity index (χ2v) is 5.99. The molecule has 4 nitrogen and oxygen atoms in total. The first-order valence-corrected chi connectivity index (χ1v) is 6.93. The molecule has 0 aliphatic heterocycles. The summed E-state index contributed by atoms with van der Waals surface area (Å²) >= 11 is 1.68. The minimum atomic E-state index is -0.730. The number of aryl methyl sites for hydroxylation is 1. The van der Waals surface area contributed by atoms with Crippen molar-refractivity contribution < 1.29 is 9.90 Å². The van der Waals surface area contributed by atoms with Crippen molar-refractivity contribution in [2.75, 3.05) is 11.9 Å². The molecule has 0 aromatic carbocycles. The Morgan fingerprint density at radius 3 is 2.82 bits per heavy atom. The summed E-state index contributed by atoms with van der Waals surface area (Å²) in [5.74, 6) is -1.10. The van der Waals surface area contributed by atoms with Crippen molar-refractivity contribution in [3.05, 3.63) is 10.6 Å². The van der Waals surface area contributed by atoms with Gasteiger partial charge < -0.3 is 10.0 Å². The normalized spacial score (nSPS) is 23.2. The average Bonchev–Trinajstić information content (AvgIpc) is 2.71. The number of hydrogen-bond donors (Lipinski definition) is 1. The van der Waals surface area contributed by atoms with Crippen LogP contribution in [0.15, 0.2) is 0 Å². The van der Waals surface area contributed by atoms with Crippen LogP contribution in [-0.4, -0.2) is 29.1 Å². The summed E-state index contributed by atoms with van der Waals surface area (Å²) in [5, 5.41) is 10.1. The van der Waals surface area contributed by atoms with E-state index in [0.29, 0.717) is 6.04 Å². The standard InChI is InChI=1S/C12H16N2O2S/c1-14(7-3-2-4-7)12-13-10-8(11(15)16)5-6-9(10)17-12/h7-8H,2-6H2,1H3,(H,15,16). The first kappa shape index (κ1) is 11.0. The summed E-state index contributed by atoms with van der Waals surface area (Å²) < 4.78 is 0. The van der Waals surface area contributed by atoms with E-state index in [4.69, 9.17) is 5.11 Å². The van der Waals surface area contributed by atoms with Crippen molar-refractivity contribution in [1.82, 2.24) is 4.98 Å². The number of fused-ring (bicyclic) bond motifs is 1. The van der Waals surface area contributed by atoms with Crippen molar-refractivity contribution in [1.29, 1.82) is 0 Å². The molecule has 0 radical (unpaired) electrons. The van der Waals surface area contributed by atoms with Crippen LogP contribution in [0.3, 0.4) is 0 Å². The maximum atomic E-state index is 11.1. The summed E-state index contributed by atoms with van der Waals surface area (Å²) in [5.41, 5.74) is 0.823. The number of carbonyl (C=O) groups is 1. The van der Waals surface area contributed by atoms with Crippen LogP contribution in [-0.2, 0) is 11.2 Å². The van der Waals surface area contributed by atoms with E-state index in [9.17, 15) is 4.79 Å². The van der Waals surface area contributed by atoms with Crippen molar-refractivity contribution in [3.63, 3.8) is 0 Å². The molecule has 2 aliphatic rings. The fourth-order valence-electron chi connectivity index (χ4n) is 2.54. The number of carboxylic acid groups (broad SMARTS) is 1. The zero-order valence-electron chi connectivity index (χ0n) is 9.85. The molecule has 0 bridgehead atoms. The molecular formula is C12H16N2O2S. The van der Waals surface area contributed by atoms with E-state index in [1.54, 1.807) is 11.3 Å². The summed E-state index contributed by atoms with van der Waals surface area (Å²) in [6.07, 6.45) is 5.38. The average molecular weight is 252 g/mol. The molecule has 1 fully saturated rings. The van der Waals surface area contributed by atoms with Gasteiger partial charge in [-0.05, 0) is 32.1 Å². The SMILES string of the molecule is CN(c1nc2c(s1)CCC2C(=O)O)C1CCC1. The highest BCUT2D eigenvalue weighted by Gasteiger charge is 2.34. The van der Waals surface area contributed by atoms with Gasteiger partial charge in [-0.25, -0.2) is 4.98 Å². The maximum absolute atomic E-state index is 11.1. The van der Waals surface area contributed by atoms with Crippen LogP contribution in [0, 0.1) is 0 Å². The third-order valence-corrected chi connectivity index (χ3v) is 5.15. The Kier molecular flexibility index (Phi) is 2.58. The van der Waals surface area contributed by atoms with Gasteiger partial charge >= 0.3 is 5.97 Å². The van der Waals surface area contributed by atoms with Gasteiger partial charge in [0.05, 0.1) is 5.69 Å². The third kappa shape index (κ3) is 1.73. The number of hydrogen-bond acceptors (Lipinski definition) is 4. The molecule has 1 saturated carbocycles. The molecule has 2 aliphatic carbocycles. The number of rotatable bonds is 3. The van der Waals surface area contributed by atoms with Gasteiger partial charge in [-0.2, -0.15) is 0 Å². The molecule has 1 N–H and O–H groups in total. The number of anilines is 1. The van der Waals surface area contributed by atoms with Crippen molar-refractivity contribution in [3.8, 4) is 0 Å². The highest BCUT2D eigenvalue weighted by atomic mass is 32.1. The summed E-state index contributed by atoms with van der Waals surface area (Å²) in [6.45, 7) is 0. The summed E-state index contributed by atoms with van der Waals surface area (Å²) in [6, 6.07) is 0.615. The van der Waals surface area contributed by atoms with E-state index in [0.717, 1.165) is 23.7 Å². The van der Waals surface area contributed by atoms with Crippen LogP contribution >= 0.6 is 11.3 Å². The Morgan fingerprint density at radius 1 is 1.47 bits per heavy atom. The van der Waals surface area contributed by atoms with Crippen LogP contribution in [0.25, 0.3) is 0 Å². The molecule has 1 heterocycles. The molecule has 92 valence electrons. The minimum absolute atomic E-state index is 0.371. The Hall–Kier alpha value is -1.10. The smallest absolute Gasteiger partial charge is 0.312 e. The van der Waals surface area contributed by atoms with Gasteiger partial charge in [-0.1, -0.05) is 0 Å². The molecule has 0 spiro atoms. The molecule has 0 saturated heterocycles. The van der Waals surface area contributed by atoms with Crippen LogP contribution in [0.2, 0.25) is 0 Å². The van der Waals surface area contributed by atoms with Crippen LogP contribution < -0.4 is 4.90 Å². The van der Waals surface area contributed by atoms with Crippen LogP contribution in [0.4, 0.5) is 5.13 Å². The second kappa shape index (κ2) is 3.98. The quantitative estimate of drug-likeness (QED) is 0.896. The second-order valence-electron chi connectivity index (χ2n) is 4.93. The van der Waals surface area contributed by atoms with Crippen molar-refractivity contribution in [2.45, 2.75) is 44.1 Å². The monoisotopic (exact) mass is 252 g/mol. The van der Waals surface area contributed by atoms with Gasteiger partial charge in [0.2, 0.25) is 0 Å². The molecule has 1 aromatic heterocycles. The number of nitrogens with zero attached hydrogens (tertiary/aromatic N) is 2. The lowest BCUT2D eigenvalue weighted by atomic mass is 9.92. The van der Waals surface area contributed by atoms with Gasteiger partial charge in [0.1, 0.15) is 5.92 Å². The molecule has 1 aromatic rings. The lowest BCUT2D eigenvalue weighted by molar-refractivity contribution is -0.138. The van der Waals surface area contributed by atoms with E-state index in [1.165, 1.54) is 24.1 Å². The fraction of sp³-hybridized carbons (Fsp3) is 0.667. The van der Waals surface area contributed by atoms with Gasteiger partial charge in [-0.3, -0.25) is 4.79 Å². The Morgan fingerprint density at radius 2 is 2.24 bits per heavy atom. The molecule has 3 rings (SSSR count). The fourth-order valence-corrected chi connectivity index (χ4v) is 3.71. The van der Waals surface area contributed by atoms with Crippen molar-refractivity contribution in [2.24, 2.45) is 0 Å². The predicted octanol–water partition coefficient (Wildman–Crippen LogP) is 2.25. The number of carboxylic acids is 1. The Labute approximate surface area is 104 Å².